The summed E-state index contributed by atoms with van der Waals surface area (Å²) >= 11 is 0. The van der Waals surface area contributed by atoms with E-state index in [1.807, 2.05) is 72.8 Å². The molecule has 0 saturated carbocycles. The van der Waals surface area contributed by atoms with Crippen LogP contribution in [0.4, 0.5) is 13.2 Å². The molecule has 234 valence electrons. The second-order valence-corrected chi connectivity index (χ2v) is 9.34. The largest absolute Gasteiger partial charge is 0.490 e. The molecule has 11 nitrogen and oxygen atoms in total. The van der Waals surface area contributed by atoms with Gasteiger partial charge in [0.1, 0.15) is 12.1 Å². The van der Waals surface area contributed by atoms with Crippen LogP contribution < -0.4 is 27.8 Å². The molecule has 3 aromatic carbocycles. The third kappa shape index (κ3) is 11.8. The van der Waals surface area contributed by atoms with E-state index in [9.17, 15) is 27.6 Å². The molecule has 0 heterocycles. The highest BCUT2D eigenvalue weighted by molar-refractivity contribution is 6.03. The number of carbonyl (C=O) groups excluding carboxylic acids is 3. The lowest BCUT2D eigenvalue weighted by Gasteiger charge is -2.22. The van der Waals surface area contributed by atoms with E-state index in [1.165, 1.54) is 0 Å². The molecule has 0 saturated heterocycles. The first-order valence-corrected chi connectivity index (χ1v) is 13.2. The summed E-state index contributed by atoms with van der Waals surface area (Å²) in [6.07, 6.45) is -4.18. The number of carbonyl (C=O) groups is 4. The molecule has 0 radical (unpaired) electrons. The van der Waals surface area contributed by atoms with Crippen molar-refractivity contribution in [2.75, 3.05) is 6.54 Å². The summed E-state index contributed by atoms with van der Waals surface area (Å²) in [5.41, 5.74) is 19.2. The van der Waals surface area contributed by atoms with Crippen molar-refractivity contribution in [1.29, 1.82) is 0 Å². The minimum atomic E-state index is -5.08. The van der Waals surface area contributed by atoms with Crippen LogP contribution in [0.2, 0.25) is 0 Å². The molecule has 0 fully saturated rings. The molecule has 9 N–H and O–H groups in total. The smallest absolute Gasteiger partial charge is 0.475 e. The van der Waals surface area contributed by atoms with Gasteiger partial charge >= 0.3 is 12.1 Å². The highest BCUT2D eigenvalue weighted by atomic mass is 19.4. The number of carboxylic acid groups (broad SMARTS) is 1. The molecule has 3 rings (SSSR count). The number of halogens is 3. The Morgan fingerprint density at radius 2 is 1.34 bits per heavy atom. The molecule has 3 aromatic rings. The monoisotopic (exact) mass is 614 g/mol. The summed E-state index contributed by atoms with van der Waals surface area (Å²) in [7, 11) is 0. The van der Waals surface area contributed by atoms with Gasteiger partial charge in [-0.1, -0.05) is 78.9 Å². The zero-order valence-electron chi connectivity index (χ0n) is 23.5. The number of benzene rings is 3. The number of hydrogen-bond acceptors (Lipinski definition) is 5. The van der Waals surface area contributed by atoms with Gasteiger partial charge in [0.25, 0.3) is 5.91 Å². The normalized spacial score (nSPS) is 12.0. The van der Waals surface area contributed by atoms with E-state index >= 15 is 0 Å². The van der Waals surface area contributed by atoms with E-state index in [0.717, 1.165) is 16.7 Å². The van der Waals surface area contributed by atoms with Crippen LogP contribution >= 0.6 is 0 Å². The first kappa shape index (κ1) is 34.8. The average molecular weight is 615 g/mol. The second-order valence-electron chi connectivity index (χ2n) is 9.34. The van der Waals surface area contributed by atoms with Gasteiger partial charge in [-0.25, -0.2) is 4.79 Å². The highest BCUT2D eigenvalue weighted by Gasteiger charge is 2.38. The Morgan fingerprint density at radius 3 is 1.89 bits per heavy atom. The molecule has 0 aromatic heterocycles. The number of rotatable bonds is 12. The van der Waals surface area contributed by atoms with Crippen molar-refractivity contribution in [2.24, 2.45) is 22.2 Å². The van der Waals surface area contributed by atoms with E-state index in [0.29, 0.717) is 12.0 Å². The quantitative estimate of drug-likeness (QED) is 0.102. The van der Waals surface area contributed by atoms with Crippen molar-refractivity contribution in [3.05, 3.63) is 96.1 Å². The van der Waals surface area contributed by atoms with Crippen LogP contribution in [0.3, 0.4) is 0 Å². The SMILES string of the molecule is NC(=O)[C@H](Cc1ccccc1)NC(=O)[C@@H](CCCN=C(N)N)NC(=O)c1ccccc1-c1ccccc1.O=C(O)C(F)(F)F. The van der Waals surface area contributed by atoms with Gasteiger partial charge < -0.3 is 32.9 Å². The van der Waals surface area contributed by atoms with Crippen LogP contribution in [0.1, 0.15) is 28.8 Å². The van der Waals surface area contributed by atoms with E-state index in [-0.39, 0.29) is 25.3 Å². The number of amides is 3. The molecule has 0 bridgehead atoms. The van der Waals surface area contributed by atoms with Gasteiger partial charge in [0.15, 0.2) is 5.96 Å². The number of nitrogens with zero attached hydrogens (tertiary/aromatic N) is 1. The maximum absolute atomic E-state index is 13.4. The fraction of sp³-hybridized carbons (Fsp3) is 0.233. The Bertz CT molecular complexity index is 1430. The van der Waals surface area contributed by atoms with Gasteiger partial charge in [-0.15, -0.1) is 0 Å². The van der Waals surface area contributed by atoms with Gasteiger partial charge in [0.05, 0.1) is 0 Å². The number of primary amides is 1. The van der Waals surface area contributed by atoms with Crippen molar-refractivity contribution in [2.45, 2.75) is 37.5 Å². The predicted molar refractivity (Wildman–Crippen MR) is 158 cm³/mol. The van der Waals surface area contributed by atoms with Crippen molar-refractivity contribution >= 4 is 29.7 Å². The number of aliphatic imine (C=N–C) groups is 1. The second kappa shape index (κ2) is 16.9. The lowest BCUT2D eigenvalue weighted by atomic mass is 9.98. The Kier molecular flexibility index (Phi) is 13.4. The lowest BCUT2D eigenvalue weighted by Crippen LogP contribution is -2.53. The van der Waals surface area contributed by atoms with Gasteiger partial charge in [-0.3, -0.25) is 19.4 Å². The molecule has 0 spiro atoms. The van der Waals surface area contributed by atoms with Crippen LogP contribution in [-0.2, 0) is 20.8 Å². The number of alkyl halides is 3. The lowest BCUT2D eigenvalue weighted by molar-refractivity contribution is -0.192. The zero-order chi connectivity index (χ0) is 32.7. The Morgan fingerprint density at radius 1 is 0.795 bits per heavy atom. The molecule has 0 aliphatic rings. The molecule has 3 amide bonds. The fourth-order valence-corrected chi connectivity index (χ4v) is 3.90. The zero-order valence-corrected chi connectivity index (χ0v) is 23.5. The Hall–Kier alpha value is -5.40. The predicted octanol–water partition coefficient (Wildman–Crippen LogP) is 2.35. The molecular formula is C30H33F3N6O5. The number of guanidine groups is 1. The summed E-state index contributed by atoms with van der Waals surface area (Å²) in [5, 5.41) is 12.7. The Balaban J connectivity index is 0.000000860. The van der Waals surface area contributed by atoms with Gasteiger partial charge in [-0.2, -0.15) is 13.2 Å². The summed E-state index contributed by atoms with van der Waals surface area (Å²) in [4.78, 5) is 51.6. The van der Waals surface area contributed by atoms with Gasteiger partial charge in [0.2, 0.25) is 11.8 Å². The average Bonchev–Trinajstić information content (AvgIpc) is 2.98. The maximum atomic E-state index is 13.4. The van der Waals surface area contributed by atoms with Crippen molar-refractivity contribution in [1.82, 2.24) is 10.6 Å². The fourth-order valence-electron chi connectivity index (χ4n) is 3.90. The molecule has 2 atom stereocenters. The number of hydrogen-bond donors (Lipinski definition) is 6. The van der Waals surface area contributed by atoms with E-state index in [2.05, 4.69) is 15.6 Å². The first-order chi connectivity index (χ1) is 20.8. The van der Waals surface area contributed by atoms with Crippen molar-refractivity contribution < 1.29 is 37.5 Å². The molecule has 14 heteroatoms. The summed E-state index contributed by atoms with van der Waals surface area (Å²) in [6, 6.07) is 24.0. The van der Waals surface area contributed by atoms with Gasteiger partial charge in [-0.05, 0) is 35.6 Å². The van der Waals surface area contributed by atoms with Crippen LogP contribution in [0, 0.1) is 0 Å². The molecular weight excluding hydrogens is 581 g/mol. The van der Waals surface area contributed by atoms with Crippen LogP contribution in [0.5, 0.6) is 0 Å². The van der Waals surface area contributed by atoms with E-state index in [1.54, 1.807) is 12.1 Å². The third-order valence-electron chi connectivity index (χ3n) is 6.01. The minimum Gasteiger partial charge on any atom is -0.475 e. The number of nitrogens with one attached hydrogen (secondary N) is 2. The third-order valence-corrected chi connectivity index (χ3v) is 6.01. The van der Waals surface area contributed by atoms with Crippen LogP contribution in [0.25, 0.3) is 11.1 Å². The van der Waals surface area contributed by atoms with Gasteiger partial charge in [0, 0.05) is 18.5 Å². The first-order valence-electron chi connectivity index (χ1n) is 13.2. The number of nitrogens with two attached hydrogens (primary N) is 3. The summed E-state index contributed by atoms with van der Waals surface area (Å²) in [6.45, 7) is 0.284. The molecule has 0 aliphatic heterocycles. The summed E-state index contributed by atoms with van der Waals surface area (Å²) < 4.78 is 31.7. The van der Waals surface area contributed by atoms with E-state index in [4.69, 9.17) is 27.1 Å². The number of carboxylic acids is 1. The van der Waals surface area contributed by atoms with Crippen molar-refractivity contribution in [3.8, 4) is 11.1 Å². The van der Waals surface area contributed by atoms with Crippen LogP contribution in [-0.4, -0.2) is 59.6 Å². The number of aliphatic carboxylic acids is 1. The highest BCUT2D eigenvalue weighted by Crippen LogP contribution is 2.23. The maximum Gasteiger partial charge on any atom is 0.490 e. The molecule has 0 unspecified atom stereocenters. The van der Waals surface area contributed by atoms with Crippen molar-refractivity contribution in [3.63, 3.8) is 0 Å². The standard InChI is InChI=1S/C28H32N6O3.C2HF3O2/c29-25(35)24(18-19-10-3-1-4-11-19)34-27(37)23(16-9-17-32-28(30)31)33-26(36)22-15-8-7-14-21(22)20-12-5-2-6-13-20;3-2(4,5)1(6)7/h1-8,10-15,23-24H,9,16-18H2,(H2,29,35)(H,33,36)(H,34,37)(H4,30,31,32);(H,6,7)/t23-,24+;/m1./s1. The molecule has 0 aliphatic carbocycles. The summed E-state index contributed by atoms with van der Waals surface area (Å²) in [5.74, 6) is -4.42. The van der Waals surface area contributed by atoms with E-state index < -0.39 is 42.0 Å². The Labute approximate surface area is 251 Å². The topological polar surface area (TPSA) is 203 Å². The minimum absolute atomic E-state index is 0.0570. The van der Waals surface area contributed by atoms with Crippen LogP contribution in [0.15, 0.2) is 89.9 Å². The molecule has 44 heavy (non-hydrogen) atoms.